The van der Waals surface area contributed by atoms with Crippen LogP contribution in [0.2, 0.25) is 0 Å². The molecule has 0 spiro atoms. The van der Waals surface area contributed by atoms with Crippen LogP contribution in [0.4, 0.5) is 0 Å². The van der Waals surface area contributed by atoms with E-state index >= 15 is 0 Å². The second-order valence-electron chi connectivity index (χ2n) is 4.38. The first-order valence-corrected chi connectivity index (χ1v) is 6.25. The third-order valence-electron chi connectivity index (χ3n) is 2.91. The third kappa shape index (κ3) is 2.36. The lowest BCUT2D eigenvalue weighted by Gasteiger charge is -2.10. The number of fused-ring (bicyclic) bond motifs is 1. The molecule has 1 aromatic carbocycles. The number of aryl methyl sites for hydroxylation is 1. The van der Waals surface area contributed by atoms with E-state index in [9.17, 15) is 4.79 Å². The van der Waals surface area contributed by atoms with Crippen molar-refractivity contribution >= 4 is 32.7 Å². The van der Waals surface area contributed by atoms with Gasteiger partial charge in [0.25, 0.3) is 0 Å². The molecule has 0 radical (unpaired) electrons. The van der Waals surface area contributed by atoms with Gasteiger partial charge in [-0.1, -0.05) is 15.9 Å². The van der Waals surface area contributed by atoms with Crippen molar-refractivity contribution in [1.82, 2.24) is 9.88 Å². The summed E-state index contributed by atoms with van der Waals surface area (Å²) in [6, 6.07) is 6.07. The summed E-state index contributed by atoms with van der Waals surface area (Å²) in [5, 5.41) is 1.12. The van der Waals surface area contributed by atoms with Crippen LogP contribution in [0, 0.1) is 6.92 Å². The quantitative estimate of drug-likeness (QED) is 0.908. The molecule has 17 heavy (non-hydrogen) atoms. The molecular weight excluding hydrogens is 280 g/mol. The normalized spacial score (nSPS) is 10.8. The zero-order valence-electron chi connectivity index (χ0n) is 10.2. The van der Waals surface area contributed by atoms with Crippen LogP contribution in [0.25, 0.3) is 10.9 Å². The number of amides is 1. The van der Waals surface area contributed by atoms with Gasteiger partial charge in [-0.05, 0) is 30.7 Å². The molecule has 1 N–H and O–H groups in total. The van der Waals surface area contributed by atoms with Crippen LogP contribution < -0.4 is 0 Å². The van der Waals surface area contributed by atoms with Gasteiger partial charge in [-0.3, -0.25) is 4.79 Å². The average molecular weight is 295 g/mol. The molecule has 0 bridgehead atoms. The monoisotopic (exact) mass is 294 g/mol. The summed E-state index contributed by atoms with van der Waals surface area (Å²) in [4.78, 5) is 16.7. The number of nitrogens with zero attached hydrogens (tertiary/aromatic N) is 1. The smallest absolute Gasteiger partial charge is 0.226 e. The Morgan fingerprint density at radius 3 is 2.76 bits per heavy atom. The second kappa shape index (κ2) is 4.53. The van der Waals surface area contributed by atoms with Gasteiger partial charge in [0.15, 0.2) is 0 Å². The predicted octanol–water partition coefficient (Wildman–Crippen LogP) is 2.87. The van der Waals surface area contributed by atoms with Crippen LogP contribution in [-0.4, -0.2) is 29.9 Å². The van der Waals surface area contributed by atoms with Crippen LogP contribution >= 0.6 is 15.9 Å². The highest BCUT2D eigenvalue weighted by Crippen LogP contribution is 2.26. The number of aromatic nitrogens is 1. The fourth-order valence-corrected chi connectivity index (χ4v) is 2.25. The zero-order valence-corrected chi connectivity index (χ0v) is 11.8. The molecule has 3 nitrogen and oxygen atoms in total. The fraction of sp³-hybridized carbons (Fsp3) is 0.308. The zero-order chi connectivity index (χ0) is 12.6. The van der Waals surface area contributed by atoms with Gasteiger partial charge in [0.1, 0.15) is 0 Å². The summed E-state index contributed by atoms with van der Waals surface area (Å²) in [5.41, 5.74) is 3.22. The lowest BCUT2D eigenvalue weighted by atomic mass is 10.1. The van der Waals surface area contributed by atoms with Crippen LogP contribution in [0.3, 0.4) is 0 Å². The number of carbonyl (C=O) groups is 1. The SMILES string of the molecule is Cc1[nH]c2ccc(Br)cc2c1CC(=O)N(C)C. The highest BCUT2D eigenvalue weighted by molar-refractivity contribution is 9.10. The van der Waals surface area contributed by atoms with Gasteiger partial charge >= 0.3 is 0 Å². The first-order valence-electron chi connectivity index (χ1n) is 5.46. The van der Waals surface area contributed by atoms with Gasteiger partial charge in [-0.25, -0.2) is 0 Å². The van der Waals surface area contributed by atoms with Crippen molar-refractivity contribution in [2.45, 2.75) is 13.3 Å². The molecule has 0 aliphatic rings. The molecule has 0 aliphatic carbocycles. The number of benzene rings is 1. The van der Waals surface area contributed by atoms with E-state index in [2.05, 4.69) is 27.0 Å². The summed E-state index contributed by atoms with van der Waals surface area (Å²) in [6.07, 6.45) is 0.440. The molecule has 0 saturated heterocycles. The van der Waals surface area contributed by atoms with Crippen molar-refractivity contribution in [3.05, 3.63) is 33.9 Å². The largest absolute Gasteiger partial charge is 0.358 e. The first kappa shape index (κ1) is 12.2. The van der Waals surface area contributed by atoms with E-state index < -0.39 is 0 Å². The minimum absolute atomic E-state index is 0.119. The number of likely N-dealkylation sites (N-methyl/N-ethyl adjacent to an activating group) is 1. The summed E-state index contributed by atoms with van der Waals surface area (Å²) in [5.74, 6) is 0.119. The summed E-state index contributed by atoms with van der Waals surface area (Å²) in [7, 11) is 3.56. The molecule has 2 aromatic rings. The van der Waals surface area contributed by atoms with Crippen molar-refractivity contribution in [1.29, 1.82) is 0 Å². The number of aromatic amines is 1. The van der Waals surface area contributed by atoms with Gasteiger partial charge in [-0.2, -0.15) is 0 Å². The third-order valence-corrected chi connectivity index (χ3v) is 3.40. The van der Waals surface area contributed by atoms with E-state index in [-0.39, 0.29) is 5.91 Å². The lowest BCUT2D eigenvalue weighted by Crippen LogP contribution is -2.23. The van der Waals surface area contributed by atoms with Crippen molar-refractivity contribution < 1.29 is 4.79 Å². The van der Waals surface area contributed by atoms with Gasteiger partial charge in [-0.15, -0.1) is 0 Å². The molecule has 1 aromatic heterocycles. The van der Waals surface area contributed by atoms with Crippen molar-refractivity contribution in [3.63, 3.8) is 0 Å². The number of carbonyl (C=O) groups excluding carboxylic acids is 1. The maximum atomic E-state index is 11.8. The van der Waals surface area contributed by atoms with Gasteiger partial charge in [0.2, 0.25) is 5.91 Å². The molecule has 1 amide bonds. The molecule has 90 valence electrons. The molecule has 1 heterocycles. The minimum Gasteiger partial charge on any atom is -0.358 e. The number of hydrogen-bond acceptors (Lipinski definition) is 1. The van der Waals surface area contributed by atoms with Crippen molar-refractivity contribution in [3.8, 4) is 0 Å². The number of hydrogen-bond donors (Lipinski definition) is 1. The fourth-order valence-electron chi connectivity index (χ4n) is 1.89. The first-order chi connectivity index (χ1) is 7.99. The van der Waals surface area contributed by atoms with Crippen molar-refractivity contribution in [2.75, 3.05) is 14.1 Å². The van der Waals surface area contributed by atoms with E-state index in [1.54, 1.807) is 19.0 Å². The number of nitrogens with one attached hydrogen (secondary N) is 1. The van der Waals surface area contributed by atoms with E-state index in [0.29, 0.717) is 6.42 Å². The van der Waals surface area contributed by atoms with Crippen LogP contribution in [0.1, 0.15) is 11.3 Å². The number of halogens is 1. The Morgan fingerprint density at radius 2 is 2.12 bits per heavy atom. The number of rotatable bonds is 2. The molecule has 0 fully saturated rings. The summed E-state index contributed by atoms with van der Waals surface area (Å²) >= 11 is 3.46. The molecule has 0 unspecified atom stereocenters. The maximum Gasteiger partial charge on any atom is 0.226 e. The Balaban J connectivity index is 2.48. The standard InChI is InChI=1S/C13H15BrN2O/c1-8-10(7-13(17)16(2)3)11-6-9(14)4-5-12(11)15-8/h4-6,15H,7H2,1-3H3. The molecule has 4 heteroatoms. The van der Waals surface area contributed by atoms with Crippen molar-refractivity contribution in [2.24, 2.45) is 0 Å². The number of H-pyrrole nitrogens is 1. The molecule has 0 aliphatic heterocycles. The molecular formula is C13H15BrN2O. The predicted molar refractivity (Wildman–Crippen MR) is 73.1 cm³/mol. The van der Waals surface area contributed by atoms with Crippen LogP contribution in [0.5, 0.6) is 0 Å². The van der Waals surface area contributed by atoms with Gasteiger partial charge in [0, 0.05) is 35.2 Å². The topological polar surface area (TPSA) is 36.1 Å². The van der Waals surface area contributed by atoms with E-state index in [1.807, 2.05) is 19.1 Å². The van der Waals surface area contributed by atoms with E-state index in [1.165, 1.54) is 0 Å². The summed E-state index contributed by atoms with van der Waals surface area (Å²) < 4.78 is 1.03. The maximum absolute atomic E-state index is 11.8. The van der Waals surface area contributed by atoms with E-state index in [4.69, 9.17) is 0 Å². The highest BCUT2D eigenvalue weighted by Gasteiger charge is 2.13. The van der Waals surface area contributed by atoms with Gasteiger partial charge < -0.3 is 9.88 Å². The Hall–Kier alpha value is -1.29. The van der Waals surface area contributed by atoms with E-state index in [0.717, 1.165) is 26.6 Å². The Morgan fingerprint density at radius 1 is 1.41 bits per heavy atom. The Labute approximate surface area is 109 Å². The Kier molecular flexibility index (Phi) is 3.24. The molecule has 2 rings (SSSR count). The van der Waals surface area contributed by atoms with Crippen LogP contribution in [0.15, 0.2) is 22.7 Å². The highest BCUT2D eigenvalue weighted by atomic mass is 79.9. The molecule has 0 saturated carbocycles. The molecule has 0 atom stereocenters. The lowest BCUT2D eigenvalue weighted by molar-refractivity contribution is -0.127. The minimum atomic E-state index is 0.119. The van der Waals surface area contributed by atoms with Crippen LogP contribution in [-0.2, 0) is 11.2 Å². The van der Waals surface area contributed by atoms with Gasteiger partial charge in [0.05, 0.1) is 6.42 Å². The average Bonchev–Trinajstić information content (AvgIpc) is 2.55. The Bertz CT molecular complexity index is 572. The summed E-state index contributed by atoms with van der Waals surface area (Å²) in [6.45, 7) is 2.01. The second-order valence-corrected chi connectivity index (χ2v) is 5.30.